The number of carbonyl (C=O) groups excluding carboxylic acids is 2. The van der Waals surface area contributed by atoms with Gasteiger partial charge >= 0.3 is 0 Å². The Morgan fingerprint density at radius 2 is 1.96 bits per heavy atom. The van der Waals surface area contributed by atoms with Gasteiger partial charge < -0.3 is 9.80 Å². The first-order chi connectivity index (χ1) is 12.7. The highest BCUT2D eigenvalue weighted by atomic mass is 16.2. The van der Waals surface area contributed by atoms with Crippen molar-refractivity contribution in [3.63, 3.8) is 0 Å². The third kappa shape index (κ3) is 2.68. The van der Waals surface area contributed by atoms with E-state index in [1.165, 1.54) is 5.56 Å². The fourth-order valence-electron chi connectivity index (χ4n) is 4.92. The van der Waals surface area contributed by atoms with Gasteiger partial charge in [0.15, 0.2) is 0 Å². The number of allylic oxidation sites excluding steroid dienone is 2. The summed E-state index contributed by atoms with van der Waals surface area (Å²) in [7, 11) is 0. The molecule has 2 atom stereocenters. The number of hydrogen-bond donors (Lipinski definition) is 0. The Bertz CT molecular complexity index is 734. The van der Waals surface area contributed by atoms with Gasteiger partial charge in [0.1, 0.15) is 0 Å². The molecule has 1 aromatic carbocycles. The molecule has 4 nitrogen and oxygen atoms in total. The van der Waals surface area contributed by atoms with E-state index in [0.717, 1.165) is 25.8 Å². The zero-order valence-corrected chi connectivity index (χ0v) is 15.1. The van der Waals surface area contributed by atoms with Crippen molar-refractivity contribution in [2.45, 2.75) is 25.2 Å². The Hall–Kier alpha value is -2.36. The summed E-state index contributed by atoms with van der Waals surface area (Å²) in [6, 6.07) is 10.2. The fourth-order valence-corrected chi connectivity index (χ4v) is 4.92. The molecule has 2 aliphatic heterocycles. The van der Waals surface area contributed by atoms with Crippen molar-refractivity contribution in [2.24, 2.45) is 11.3 Å². The van der Waals surface area contributed by atoms with Gasteiger partial charge in [-0.15, -0.1) is 6.58 Å². The van der Waals surface area contributed by atoms with Crippen LogP contribution in [0.1, 0.15) is 30.7 Å². The van der Waals surface area contributed by atoms with Gasteiger partial charge in [-0.2, -0.15) is 0 Å². The molecule has 0 aromatic heterocycles. The zero-order chi connectivity index (χ0) is 18.1. The molecule has 0 radical (unpaired) electrons. The molecule has 0 unspecified atom stereocenters. The van der Waals surface area contributed by atoms with Crippen molar-refractivity contribution in [3.8, 4) is 0 Å². The molecule has 1 spiro atoms. The summed E-state index contributed by atoms with van der Waals surface area (Å²) in [5.41, 5.74) is 0.688. The maximum absolute atomic E-state index is 13.3. The second-order valence-electron chi connectivity index (χ2n) is 7.77. The van der Waals surface area contributed by atoms with Crippen LogP contribution < -0.4 is 0 Å². The van der Waals surface area contributed by atoms with Gasteiger partial charge in [0.05, 0.1) is 5.41 Å². The first-order valence-electron chi connectivity index (χ1n) is 9.55. The maximum atomic E-state index is 13.3. The lowest BCUT2D eigenvalue weighted by molar-refractivity contribution is -0.137. The van der Waals surface area contributed by atoms with Gasteiger partial charge in [0.25, 0.3) is 0 Å². The summed E-state index contributed by atoms with van der Waals surface area (Å²) in [6.45, 7) is 6.31. The van der Waals surface area contributed by atoms with Gasteiger partial charge in [-0.1, -0.05) is 48.6 Å². The van der Waals surface area contributed by atoms with Crippen LogP contribution in [0.25, 0.3) is 0 Å². The number of benzene rings is 1. The summed E-state index contributed by atoms with van der Waals surface area (Å²) < 4.78 is 0. The average molecular weight is 350 g/mol. The smallest absolute Gasteiger partial charge is 0.231 e. The molecule has 0 N–H and O–H groups in total. The Morgan fingerprint density at radius 3 is 2.65 bits per heavy atom. The van der Waals surface area contributed by atoms with E-state index in [-0.39, 0.29) is 23.7 Å². The molecular formula is C22H26N2O2. The second-order valence-corrected chi connectivity index (χ2v) is 7.77. The van der Waals surface area contributed by atoms with Crippen molar-refractivity contribution < 1.29 is 9.59 Å². The minimum absolute atomic E-state index is 0.0577. The molecule has 2 fully saturated rings. The molecule has 2 amide bonds. The highest BCUT2D eigenvalue weighted by Gasteiger charge is 2.58. The van der Waals surface area contributed by atoms with Crippen molar-refractivity contribution in [3.05, 3.63) is 60.7 Å². The van der Waals surface area contributed by atoms with Gasteiger partial charge in [-0.05, 0) is 24.8 Å². The fraction of sp³-hybridized carbons (Fsp3) is 0.455. The van der Waals surface area contributed by atoms with E-state index in [9.17, 15) is 9.59 Å². The monoisotopic (exact) mass is 350 g/mol. The second kappa shape index (κ2) is 6.75. The molecule has 4 rings (SSSR count). The quantitative estimate of drug-likeness (QED) is 0.783. The molecule has 2 saturated heterocycles. The van der Waals surface area contributed by atoms with Gasteiger partial charge in [-0.3, -0.25) is 9.59 Å². The number of rotatable bonds is 4. The maximum Gasteiger partial charge on any atom is 0.231 e. The SMILES string of the molecule is C=CCN1CC[C@@]2(CN(C(=O)C3CC=CC3)C[C@@H]2c2ccccc2)C1=O. The van der Waals surface area contributed by atoms with E-state index < -0.39 is 5.41 Å². The largest absolute Gasteiger partial charge is 0.341 e. The van der Waals surface area contributed by atoms with Crippen LogP contribution in [-0.4, -0.2) is 47.8 Å². The first kappa shape index (κ1) is 17.1. The Labute approximate surface area is 155 Å². The predicted molar refractivity (Wildman–Crippen MR) is 101 cm³/mol. The van der Waals surface area contributed by atoms with Crippen LogP contribution in [0.2, 0.25) is 0 Å². The first-order valence-corrected chi connectivity index (χ1v) is 9.55. The highest BCUT2D eigenvalue weighted by molar-refractivity contribution is 5.89. The van der Waals surface area contributed by atoms with E-state index in [0.29, 0.717) is 19.6 Å². The molecule has 1 aromatic rings. The summed E-state index contributed by atoms with van der Waals surface area (Å²) in [5, 5.41) is 0. The predicted octanol–water partition coefficient (Wildman–Crippen LogP) is 2.98. The van der Waals surface area contributed by atoms with Crippen LogP contribution in [0, 0.1) is 11.3 Å². The van der Waals surface area contributed by atoms with Gasteiger partial charge in [-0.25, -0.2) is 0 Å². The van der Waals surface area contributed by atoms with Gasteiger partial charge in [0.2, 0.25) is 11.8 Å². The van der Waals surface area contributed by atoms with Crippen LogP contribution in [0.15, 0.2) is 55.1 Å². The molecule has 4 heteroatoms. The van der Waals surface area contributed by atoms with E-state index in [1.54, 1.807) is 6.08 Å². The lowest BCUT2D eigenvalue weighted by atomic mass is 9.73. The van der Waals surface area contributed by atoms with Crippen molar-refractivity contribution in [1.82, 2.24) is 9.80 Å². The topological polar surface area (TPSA) is 40.6 Å². The molecule has 0 bridgehead atoms. The van der Waals surface area contributed by atoms with Crippen LogP contribution in [0.4, 0.5) is 0 Å². The van der Waals surface area contributed by atoms with Crippen LogP contribution in [0.5, 0.6) is 0 Å². The summed E-state index contributed by atoms with van der Waals surface area (Å²) in [5.74, 6) is 0.528. The zero-order valence-electron chi connectivity index (χ0n) is 15.1. The lowest BCUT2D eigenvalue weighted by Crippen LogP contribution is -2.41. The van der Waals surface area contributed by atoms with Gasteiger partial charge in [0, 0.05) is 38.0 Å². The standard InChI is InChI=1S/C22H26N2O2/c1-2-13-23-14-12-22(21(23)26)16-24(20(25)18-10-6-7-11-18)15-19(22)17-8-4-3-5-9-17/h2-9,18-19H,1,10-16H2/t19-,22+/m1/s1. The van der Waals surface area contributed by atoms with E-state index >= 15 is 0 Å². The molecular weight excluding hydrogens is 324 g/mol. The minimum atomic E-state index is -0.480. The molecule has 26 heavy (non-hydrogen) atoms. The lowest BCUT2D eigenvalue weighted by Gasteiger charge is -2.28. The minimum Gasteiger partial charge on any atom is -0.341 e. The molecule has 0 saturated carbocycles. The van der Waals surface area contributed by atoms with Crippen molar-refractivity contribution in [1.29, 1.82) is 0 Å². The van der Waals surface area contributed by atoms with Crippen molar-refractivity contribution >= 4 is 11.8 Å². The Balaban J connectivity index is 1.65. The van der Waals surface area contributed by atoms with E-state index in [2.05, 4.69) is 30.9 Å². The number of amides is 2. The van der Waals surface area contributed by atoms with Crippen LogP contribution >= 0.6 is 0 Å². The van der Waals surface area contributed by atoms with E-state index in [4.69, 9.17) is 0 Å². The van der Waals surface area contributed by atoms with Crippen LogP contribution in [-0.2, 0) is 9.59 Å². The average Bonchev–Trinajstić information content (AvgIpc) is 3.39. The van der Waals surface area contributed by atoms with Crippen LogP contribution in [0.3, 0.4) is 0 Å². The number of nitrogens with zero attached hydrogens (tertiary/aromatic N) is 2. The third-order valence-corrected chi connectivity index (χ3v) is 6.30. The molecule has 2 heterocycles. The van der Waals surface area contributed by atoms with E-state index in [1.807, 2.05) is 28.0 Å². The number of likely N-dealkylation sites (tertiary alicyclic amines) is 2. The number of hydrogen-bond acceptors (Lipinski definition) is 2. The molecule has 1 aliphatic carbocycles. The van der Waals surface area contributed by atoms with Crippen molar-refractivity contribution in [2.75, 3.05) is 26.2 Å². The Morgan fingerprint density at radius 1 is 1.23 bits per heavy atom. The summed E-state index contributed by atoms with van der Waals surface area (Å²) in [4.78, 5) is 30.2. The third-order valence-electron chi connectivity index (χ3n) is 6.30. The highest BCUT2D eigenvalue weighted by Crippen LogP contribution is 2.50. The summed E-state index contributed by atoms with van der Waals surface area (Å²) in [6.07, 6.45) is 8.44. The number of carbonyl (C=O) groups is 2. The summed E-state index contributed by atoms with van der Waals surface area (Å²) >= 11 is 0. The molecule has 136 valence electrons. The Kier molecular flexibility index (Phi) is 4.43. The normalized spacial score (nSPS) is 28.5. The molecule has 3 aliphatic rings.